The molecule has 0 aliphatic heterocycles. The first kappa shape index (κ1) is 11.5. The second-order valence-electron chi connectivity index (χ2n) is 3.41. The van der Waals surface area contributed by atoms with Gasteiger partial charge in [0.05, 0.1) is 4.92 Å². The summed E-state index contributed by atoms with van der Waals surface area (Å²) in [5.41, 5.74) is 1.62. The van der Waals surface area contributed by atoms with Crippen molar-refractivity contribution in [3.8, 4) is 0 Å². The lowest BCUT2D eigenvalue weighted by Crippen LogP contribution is -1.97. The molecule has 1 aromatic carbocycles. The molecule has 88 valence electrons. The van der Waals surface area contributed by atoms with Gasteiger partial charge in [0, 0.05) is 23.7 Å². The van der Waals surface area contributed by atoms with Crippen LogP contribution in [0.2, 0.25) is 0 Å². The smallest absolute Gasteiger partial charge is 0.324 e. The summed E-state index contributed by atoms with van der Waals surface area (Å²) in [6, 6.07) is 7.49. The predicted molar refractivity (Wildman–Crippen MR) is 64.7 cm³/mol. The minimum absolute atomic E-state index is 0.126. The first-order chi connectivity index (χ1) is 8.15. The molecule has 0 radical (unpaired) electrons. The number of nitrogens with zero attached hydrogens (tertiary/aromatic N) is 1. The molecule has 2 rings (SSSR count). The molecule has 0 aliphatic carbocycles. The quantitative estimate of drug-likeness (QED) is 0.670. The zero-order chi connectivity index (χ0) is 12.3. The van der Waals surface area contributed by atoms with E-state index in [9.17, 15) is 14.5 Å². The van der Waals surface area contributed by atoms with Crippen molar-refractivity contribution in [1.82, 2.24) is 0 Å². The second kappa shape index (κ2) is 4.92. The summed E-state index contributed by atoms with van der Waals surface area (Å²) in [4.78, 5) is 10.1. The molecule has 0 fully saturated rings. The number of nitrogens with one attached hydrogen (secondary N) is 1. The Labute approximate surface area is 101 Å². The van der Waals surface area contributed by atoms with Crippen LogP contribution in [-0.4, -0.2) is 4.92 Å². The van der Waals surface area contributed by atoms with Crippen molar-refractivity contribution in [3.05, 3.63) is 57.2 Å². The molecule has 1 aromatic heterocycles. The summed E-state index contributed by atoms with van der Waals surface area (Å²) in [7, 11) is 0. The normalized spacial score (nSPS) is 10.2. The molecule has 0 atom stereocenters. The lowest BCUT2D eigenvalue weighted by molar-refractivity contribution is -0.380. The van der Waals surface area contributed by atoms with E-state index >= 15 is 0 Å². The number of rotatable bonds is 4. The molecular formula is C11H9FN2O2S. The molecule has 17 heavy (non-hydrogen) atoms. The number of hydrogen-bond acceptors (Lipinski definition) is 4. The van der Waals surface area contributed by atoms with Crippen molar-refractivity contribution in [1.29, 1.82) is 0 Å². The second-order valence-corrected chi connectivity index (χ2v) is 4.30. The summed E-state index contributed by atoms with van der Waals surface area (Å²) in [5, 5.41) is 15.4. The van der Waals surface area contributed by atoms with E-state index in [4.69, 9.17) is 0 Å². The third-order valence-corrected chi connectivity index (χ3v) is 3.09. The van der Waals surface area contributed by atoms with Crippen LogP contribution < -0.4 is 5.32 Å². The highest BCUT2D eigenvalue weighted by atomic mass is 32.1. The highest BCUT2D eigenvalue weighted by Gasteiger charge is 2.08. The monoisotopic (exact) mass is 252 g/mol. The molecule has 2 aromatic rings. The Morgan fingerprint density at radius 1 is 1.35 bits per heavy atom. The number of nitro groups is 1. The molecule has 0 spiro atoms. The van der Waals surface area contributed by atoms with Crippen LogP contribution in [0.4, 0.5) is 15.1 Å². The molecule has 6 heteroatoms. The zero-order valence-corrected chi connectivity index (χ0v) is 9.54. The summed E-state index contributed by atoms with van der Waals surface area (Å²) in [5.74, 6) is -0.290. The van der Waals surface area contributed by atoms with Crippen molar-refractivity contribution in [2.45, 2.75) is 6.54 Å². The van der Waals surface area contributed by atoms with E-state index in [0.717, 1.165) is 22.6 Å². The van der Waals surface area contributed by atoms with E-state index in [0.29, 0.717) is 6.54 Å². The maximum absolute atomic E-state index is 12.6. The van der Waals surface area contributed by atoms with Crippen LogP contribution in [0.15, 0.2) is 35.7 Å². The van der Waals surface area contributed by atoms with E-state index in [1.807, 2.05) is 0 Å². The van der Waals surface area contributed by atoms with E-state index in [2.05, 4.69) is 5.32 Å². The number of thiophene rings is 1. The van der Waals surface area contributed by atoms with E-state index in [1.54, 1.807) is 17.5 Å². The molecule has 0 amide bonds. The topological polar surface area (TPSA) is 55.2 Å². The number of halogens is 1. The molecule has 1 N–H and O–H groups in total. The van der Waals surface area contributed by atoms with E-state index < -0.39 is 4.92 Å². The molecule has 1 heterocycles. The summed E-state index contributed by atoms with van der Waals surface area (Å²) >= 11 is 1.10. The molecule has 0 bridgehead atoms. The van der Waals surface area contributed by atoms with Gasteiger partial charge in [0.1, 0.15) is 5.82 Å². The van der Waals surface area contributed by atoms with Gasteiger partial charge >= 0.3 is 5.00 Å². The molecular weight excluding hydrogens is 243 g/mol. The SMILES string of the molecule is O=[N+]([O-])c1cc(CNc2ccc(F)cc2)cs1. The van der Waals surface area contributed by atoms with Gasteiger partial charge in [-0.15, -0.1) is 0 Å². The Hall–Kier alpha value is -1.95. The average Bonchev–Trinajstić information content (AvgIpc) is 2.77. The maximum atomic E-state index is 12.6. The van der Waals surface area contributed by atoms with Gasteiger partial charge in [-0.25, -0.2) is 4.39 Å². The Kier molecular flexibility index (Phi) is 3.34. The molecule has 0 saturated carbocycles. The van der Waals surface area contributed by atoms with Gasteiger partial charge in [-0.1, -0.05) is 11.3 Å². The molecule has 0 saturated heterocycles. The van der Waals surface area contributed by atoms with Crippen LogP contribution in [0.1, 0.15) is 5.56 Å². The van der Waals surface area contributed by atoms with Crippen molar-refractivity contribution in [3.63, 3.8) is 0 Å². The van der Waals surface area contributed by atoms with Crippen molar-refractivity contribution < 1.29 is 9.31 Å². The molecule has 4 nitrogen and oxygen atoms in total. The molecule has 0 unspecified atom stereocenters. The maximum Gasteiger partial charge on any atom is 0.324 e. The summed E-state index contributed by atoms with van der Waals surface area (Å²) in [6.45, 7) is 0.482. The average molecular weight is 252 g/mol. The third kappa shape index (κ3) is 3.01. The number of benzene rings is 1. The van der Waals surface area contributed by atoms with Crippen molar-refractivity contribution >= 4 is 22.0 Å². The molecule has 0 aliphatic rings. The highest BCUT2D eigenvalue weighted by Crippen LogP contribution is 2.23. The Morgan fingerprint density at radius 3 is 2.65 bits per heavy atom. The number of anilines is 1. The zero-order valence-electron chi connectivity index (χ0n) is 8.72. The van der Waals surface area contributed by atoms with Gasteiger partial charge in [-0.2, -0.15) is 0 Å². The minimum Gasteiger partial charge on any atom is -0.381 e. The summed E-state index contributed by atoms with van der Waals surface area (Å²) in [6.07, 6.45) is 0. The fraction of sp³-hybridized carbons (Fsp3) is 0.0909. The van der Waals surface area contributed by atoms with Gasteiger partial charge in [0.2, 0.25) is 0 Å². The van der Waals surface area contributed by atoms with Gasteiger partial charge in [0.25, 0.3) is 0 Å². The van der Waals surface area contributed by atoms with Crippen LogP contribution >= 0.6 is 11.3 Å². The largest absolute Gasteiger partial charge is 0.381 e. The Balaban J connectivity index is 1.97. The van der Waals surface area contributed by atoms with Gasteiger partial charge in [0.15, 0.2) is 0 Å². The van der Waals surface area contributed by atoms with Crippen LogP contribution in [0.3, 0.4) is 0 Å². The highest BCUT2D eigenvalue weighted by molar-refractivity contribution is 7.13. The Bertz CT molecular complexity index is 525. The van der Waals surface area contributed by atoms with Gasteiger partial charge in [-0.3, -0.25) is 10.1 Å². The van der Waals surface area contributed by atoms with Crippen molar-refractivity contribution in [2.75, 3.05) is 5.32 Å². The first-order valence-corrected chi connectivity index (χ1v) is 5.74. The van der Waals surface area contributed by atoms with Crippen LogP contribution in [0, 0.1) is 15.9 Å². The van der Waals surface area contributed by atoms with Crippen molar-refractivity contribution in [2.24, 2.45) is 0 Å². The van der Waals surface area contributed by atoms with E-state index in [-0.39, 0.29) is 10.8 Å². The standard InChI is InChI=1S/C11H9FN2O2S/c12-9-1-3-10(4-2-9)13-6-8-5-11(14(15)16)17-7-8/h1-5,7,13H,6H2. The van der Waals surface area contributed by atoms with E-state index in [1.165, 1.54) is 18.2 Å². The fourth-order valence-electron chi connectivity index (χ4n) is 1.32. The minimum atomic E-state index is -0.411. The fourth-order valence-corrected chi connectivity index (χ4v) is 2.05. The van der Waals surface area contributed by atoms with Gasteiger partial charge < -0.3 is 5.32 Å². The first-order valence-electron chi connectivity index (χ1n) is 4.86. The lowest BCUT2D eigenvalue weighted by Gasteiger charge is -2.03. The Morgan fingerprint density at radius 2 is 2.06 bits per heavy atom. The van der Waals surface area contributed by atoms with Crippen LogP contribution in [0.5, 0.6) is 0 Å². The third-order valence-electron chi connectivity index (χ3n) is 2.16. The summed E-state index contributed by atoms with van der Waals surface area (Å²) < 4.78 is 12.6. The number of hydrogen-bond donors (Lipinski definition) is 1. The van der Waals surface area contributed by atoms with Crippen LogP contribution in [0.25, 0.3) is 0 Å². The predicted octanol–water partition coefficient (Wildman–Crippen LogP) is 3.41. The lowest BCUT2D eigenvalue weighted by atomic mass is 10.3. The van der Waals surface area contributed by atoms with Gasteiger partial charge in [-0.05, 0) is 29.8 Å². The van der Waals surface area contributed by atoms with Crippen LogP contribution in [-0.2, 0) is 6.54 Å².